The van der Waals surface area contributed by atoms with E-state index in [1.165, 1.54) is 25.3 Å². The van der Waals surface area contributed by atoms with Gasteiger partial charge in [-0.3, -0.25) is 9.52 Å². The van der Waals surface area contributed by atoms with Crippen molar-refractivity contribution >= 4 is 44.9 Å². The van der Waals surface area contributed by atoms with Crippen molar-refractivity contribution in [1.82, 2.24) is 0 Å². The molecule has 0 radical (unpaired) electrons. The fourth-order valence-electron chi connectivity index (χ4n) is 3.19. The van der Waals surface area contributed by atoms with Crippen molar-refractivity contribution in [3.05, 3.63) is 87.4 Å². The summed E-state index contributed by atoms with van der Waals surface area (Å²) in [5, 5.41) is 2.69. The fraction of sp³-hybridized carbons (Fsp3) is 0.167. The highest BCUT2D eigenvalue weighted by molar-refractivity contribution is 7.92. The number of benzene rings is 3. The van der Waals surface area contributed by atoms with Gasteiger partial charge in [-0.25, -0.2) is 13.2 Å². The molecule has 9 heteroatoms. The quantitative estimate of drug-likeness (QED) is 0.472. The van der Waals surface area contributed by atoms with Crippen LogP contribution in [0, 0.1) is 20.8 Å². The first kappa shape index (κ1) is 24.3. The van der Waals surface area contributed by atoms with E-state index in [0.717, 1.165) is 11.1 Å². The molecule has 0 spiro atoms. The Hall–Kier alpha value is -3.36. The Morgan fingerprint density at radius 1 is 0.939 bits per heavy atom. The predicted molar refractivity (Wildman–Crippen MR) is 129 cm³/mol. The minimum absolute atomic E-state index is 0.0202. The number of anilines is 2. The molecular weight excluding hydrogens is 464 g/mol. The van der Waals surface area contributed by atoms with Gasteiger partial charge in [0.2, 0.25) is 0 Å². The molecule has 172 valence electrons. The van der Waals surface area contributed by atoms with E-state index in [1.807, 2.05) is 19.1 Å². The number of sulfonamides is 1. The SMILES string of the molecule is COC(=O)c1cccc(NC(=O)c2ccc(Cl)c(S(=O)(=O)Nc3cc(C)ccc3C)c2)c1C. The molecule has 0 bridgehead atoms. The number of methoxy groups -OCH3 is 1. The van der Waals surface area contributed by atoms with Gasteiger partial charge in [-0.1, -0.05) is 29.8 Å². The summed E-state index contributed by atoms with van der Waals surface area (Å²) in [5.41, 5.74) is 3.39. The van der Waals surface area contributed by atoms with Crippen LogP contribution in [0.4, 0.5) is 11.4 Å². The van der Waals surface area contributed by atoms with E-state index in [9.17, 15) is 18.0 Å². The Morgan fingerprint density at radius 3 is 2.36 bits per heavy atom. The van der Waals surface area contributed by atoms with Crippen LogP contribution in [0.15, 0.2) is 59.5 Å². The van der Waals surface area contributed by atoms with Crippen LogP contribution >= 0.6 is 11.6 Å². The van der Waals surface area contributed by atoms with Crippen LogP contribution in [0.25, 0.3) is 0 Å². The lowest BCUT2D eigenvalue weighted by atomic mass is 10.1. The first-order valence-corrected chi connectivity index (χ1v) is 11.8. The van der Waals surface area contributed by atoms with Gasteiger partial charge < -0.3 is 10.1 Å². The summed E-state index contributed by atoms with van der Waals surface area (Å²) in [6.45, 7) is 5.31. The van der Waals surface area contributed by atoms with Gasteiger partial charge in [-0.15, -0.1) is 0 Å². The third kappa shape index (κ3) is 5.35. The van der Waals surface area contributed by atoms with Gasteiger partial charge in [-0.05, 0) is 73.9 Å². The standard InChI is InChI=1S/C24H23ClN2O5S/c1-14-8-9-15(2)21(12-14)27-33(30,31)22-13-17(10-11-19(22)25)23(28)26-20-7-5-6-18(16(20)3)24(29)32-4/h5-13,27H,1-4H3,(H,26,28). The van der Waals surface area contributed by atoms with Crippen LogP contribution in [0.3, 0.4) is 0 Å². The van der Waals surface area contributed by atoms with E-state index in [4.69, 9.17) is 16.3 Å². The normalized spacial score (nSPS) is 11.1. The lowest BCUT2D eigenvalue weighted by Crippen LogP contribution is -2.17. The summed E-state index contributed by atoms with van der Waals surface area (Å²) in [6, 6.07) is 14.2. The van der Waals surface area contributed by atoms with Crippen molar-refractivity contribution in [3.8, 4) is 0 Å². The van der Waals surface area contributed by atoms with Crippen molar-refractivity contribution in [2.75, 3.05) is 17.1 Å². The molecule has 3 aromatic rings. The number of esters is 1. The molecule has 3 aromatic carbocycles. The average Bonchev–Trinajstić information content (AvgIpc) is 2.77. The lowest BCUT2D eigenvalue weighted by molar-refractivity contribution is 0.0599. The molecule has 33 heavy (non-hydrogen) atoms. The van der Waals surface area contributed by atoms with Crippen LogP contribution in [0.2, 0.25) is 5.02 Å². The molecule has 0 aliphatic heterocycles. The molecule has 7 nitrogen and oxygen atoms in total. The largest absolute Gasteiger partial charge is 0.465 e. The topological polar surface area (TPSA) is 102 Å². The van der Waals surface area contributed by atoms with Gasteiger partial charge in [0.15, 0.2) is 0 Å². The first-order valence-electron chi connectivity index (χ1n) is 9.92. The Bertz CT molecular complexity index is 1350. The molecule has 0 aromatic heterocycles. The molecule has 0 aliphatic carbocycles. The van der Waals surface area contributed by atoms with E-state index in [1.54, 1.807) is 38.1 Å². The zero-order chi connectivity index (χ0) is 24.3. The average molecular weight is 487 g/mol. The second-order valence-electron chi connectivity index (χ2n) is 7.49. The Balaban J connectivity index is 1.92. The zero-order valence-electron chi connectivity index (χ0n) is 18.5. The van der Waals surface area contributed by atoms with Crippen molar-refractivity contribution < 1.29 is 22.7 Å². The number of amides is 1. The number of ether oxygens (including phenoxy) is 1. The van der Waals surface area contributed by atoms with Crippen LogP contribution in [-0.2, 0) is 14.8 Å². The van der Waals surface area contributed by atoms with Crippen LogP contribution < -0.4 is 10.0 Å². The maximum Gasteiger partial charge on any atom is 0.338 e. The van der Waals surface area contributed by atoms with E-state index in [2.05, 4.69) is 10.0 Å². The van der Waals surface area contributed by atoms with Gasteiger partial charge in [0.1, 0.15) is 4.90 Å². The molecule has 2 N–H and O–H groups in total. The lowest BCUT2D eigenvalue weighted by Gasteiger charge is -2.14. The van der Waals surface area contributed by atoms with Crippen LogP contribution in [-0.4, -0.2) is 27.4 Å². The highest BCUT2D eigenvalue weighted by Crippen LogP contribution is 2.28. The minimum Gasteiger partial charge on any atom is -0.465 e. The summed E-state index contributed by atoms with van der Waals surface area (Å²) in [6.07, 6.45) is 0. The maximum atomic E-state index is 13.0. The fourth-order valence-corrected chi connectivity index (χ4v) is 4.84. The monoisotopic (exact) mass is 486 g/mol. The van der Waals surface area contributed by atoms with Crippen molar-refractivity contribution in [1.29, 1.82) is 0 Å². The Kier molecular flexibility index (Phi) is 7.09. The van der Waals surface area contributed by atoms with Gasteiger partial charge in [0.25, 0.3) is 15.9 Å². The van der Waals surface area contributed by atoms with Gasteiger partial charge >= 0.3 is 5.97 Å². The Labute approximate surface area is 197 Å². The Morgan fingerprint density at radius 2 is 1.67 bits per heavy atom. The first-order chi connectivity index (χ1) is 15.5. The number of hydrogen-bond acceptors (Lipinski definition) is 5. The van der Waals surface area contributed by atoms with Crippen LogP contribution in [0.1, 0.15) is 37.4 Å². The highest BCUT2D eigenvalue weighted by Gasteiger charge is 2.22. The summed E-state index contributed by atoms with van der Waals surface area (Å²) < 4.78 is 33.4. The van der Waals surface area contributed by atoms with Crippen LogP contribution in [0.5, 0.6) is 0 Å². The van der Waals surface area contributed by atoms with Gasteiger partial charge in [-0.2, -0.15) is 0 Å². The van der Waals surface area contributed by atoms with E-state index >= 15 is 0 Å². The van der Waals surface area contributed by atoms with E-state index in [0.29, 0.717) is 22.5 Å². The molecule has 0 aliphatic rings. The number of carbonyl (C=O) groups is 2. The minimum atomic E-state index is -4.06. The molecular formula is C24H23ClN2O5S. The van der Waals surface area contributed by atoms with Gasteiger partial charge in [0.05, 0.1) is 23.4 Å². The van der Waals surface area contributed by atoms with Crippen molar-refractivity contribution in [3.63, 3.8) is 0 Å². The number of nitrogens with one attached hydrogen (secondary N) is 2. The van der Waals surface area contributed by atoms with Crippen molar-refractivity contribution in [2.24, 2.45) is 0 Å². The number of rotatable bonds is 6. The summed E-state index contributed by atoms with van der Waals surface area (Å²) in [7, 11) is -2.79. The molecule has 0 heterocycles. The molecule has 0 fully saturated rings. The molecule has 3 rings (SSSR count). The van der Waals surface area contributed by atoms with Gasteiger partial charge in [0, 0.05) is 11.3 Å². The molecule has 1 amide bonds. The third-order valence-electron chi connectivity index (χ3n) is 5.11. The number of carbonyl (C=O) groups excluding carboxylic acids is 2. The number of halogens is 1. The summed E-state index contributed by atoms with van der Waals surface area (Å²) >= 11 is 6.18. The second kappa shape index (κ2) is 9.64. The molecule has 0 atom stereocenters. The zero-order valence-corrected chi connectivity index (χ0v) is 20.1. The molecule has 0 saturated carbocycles. The highest BCUT2D eigenvalue weighted by atomic mass is 35.5. The number of hydrogen-bond donors (Lipinski definition) is 2. The molecule has 0 unspecified atom stereocenters. The summed E-state index contributed by atoms with van der Waals surface area (Å²) in [4.78, 5) is 24.6. The summed E-state index contributed by atoms with van der Waals surface area (Å²) in [5.74, 6) is -1.08. The number of aryl methyl sites for hydroxylation is 2. The third-order valence-corrected chi connectivity index (χ3v) is 6.95. The predicted octanol–water partition coefficient (Wildman–Crippen LogP) is 5.10. The molecule has 0 saturated heterocycles. The maximum absolute atomic E-state index is 13.0. The smallest absolute Gasteiger partial charge is 0.338 e. The van der Waals surface area contributed by atoms with E-state index < -0.39 is 21.9 Å². The van der Waals surface area contributed by atoms with Crippen molar-refractivity contribution in [2.45, 2.75) is 25.7 Å². The second-order valence-corrected chi connectivity index (χ2v) is 9.55. The van der Waals surface area contributed by atoms with E-state index in [-0.39, 0.29) is 15.5 Å².